The Kier molecular flexibility index (Phi) is 5.70. The molecular weight excluding hydrogens is 214 g/mol. The molecule has 3 nitrogen and oxygen atoms in total. The van der Waals surface area contributed by atoms with Crippen LogP contribution in [0.5, 0.6) is 0 Å². The van der Waals surface area contributed by atoms with Gasteiger partial charge in [0.25, 0.3) is 5.91 Å². The molecule has 3 heteroatoms. The number of methoxy groups -OCH3 is 1. The van der Waals surface area contributed by atoms with E-state index in [0.29, 0.717) is 0 Å². The van der Waals surface area contributed by atoms with E-state index in [0.717, 1.165) is 12.1 Å². The van der Waals surface area contributed by atoms with Crippen LogP contribution in [0, 0.1) is 0 Å². The van der Waals surface area contributed by atoms with Gasteiger partial charge in [0, 0.05) is 12.8 Å². The van der Waals surface area contributed by atoms with Gasteiger partial charge in [0.15, 0.2) is 0 Å². The normalized spacial score (nSPS) is 12.2. The molecule has 1 aromatic rings. The Balaban J connectivity index is 2.53. The third-order valence-electron chi connectivity index (χ3n) is 2.76. The minimum atomic E-state index is -0.422. The number of rotatable bonds is 6. The van der Waals surface area contributed by atoms with E-state index in [1.165, 1.54) is 25.5 Å². The number of unbranched alkanes of at least 4 members (excludes halogenated alkanes) is 1. The molecule has 1 unspecified atom stereocenters. The second-order valence-electron chi connectivity index (χ2n) is 4.17. The average molecular weight is 235 g/mol. The molecule has 17 heavy (non-hydrogen) atoms. The molecule has 0 spiro atoms. The Morgan fingerprint density at radius 3 is 2.53 bits per heavy atom. The first-order chi connectivity index (χ1) is 8.17. The summed E-state index contributed by atoms with van der Waals surface area (Å²) in [4.78, 5) is 11.6. The van der Waals surface area contributed by atoms with Gasteiger partial charge in [-0.25, -0.2) is 0 Å². The third-order valence-corrected chi connectivity index (χ3v) is 2.76. The molecule has 0 bridgehead atoms. The summed E-state index contributed by atoms with van der Waals surface area (Å²) in [6.07, 6.45) is 3.07. The van der Waals surface area contributed by atoms with Crippen LogP contribution in [0.3, 0.4) is 0 Å². The maximum Gasteiger partial charge on any atom is 0.253 e. The molecule has 0 radical (unpaired) electrons. The molecule has 0 aromatic heterocycles. The van der Waals surface area contributed by atoms with Gasteiger partial charge in [-0.05, 0) is 37.5 Å². The fourth-order valence-electron chi connectivity index (χ4n) is 1.49. The lowest BCUT2D eigenvalue weighted by Crippen LogP contribution is -2.26. The highest BCUT2D eigenvalue weighted by Crippen LogP contribution is 2.12. The Morgan fingerprint density at radius 1 is 1.35 bits per heavy atom. The minimum Gasteiger partial charge on any atom is -0.372 e. The molecule has 0 aliphatic heterocycles. The monoisotopic (exact) mass is 235 g/mol. The molecule has 0 aliphatic carbocycles. The van der Waals surface area contributed by atoms with Crippen molar-refractivity contribution in [2.75, 3.05) is 12.4 Å². The van der Waals surface area contributed by atoms with Crippen molar-refractivity contribution in [3.05, 3.63) is 29.8 Å². The van der Waals surface area contributed by atoms with Crippen LogP contribution < -0.4 is 5.32 Å². The highest BCUT2D eigenvalue weighted by molar-refractivity contribution is 5.93. The van der Waals surface area contributed by atoms with Gasteiger partial charge in [0.1, 0.15) is 6.10 Å². The summed E-state index contributed by atoms with van der Waals surface area (Å²) < 4.78 is 4.95. The van der Waals surface area contributed by atoms with Gasteiger partial charge in [-0.1, -0.05) is 25.5 Å². The standard InChI is InChI=1S/C14H21NO2/c1-4-5-6-12-7-9-13(10-8-12)15-14(16)11(2)17-3/h7-11H,4-6H2,1-3H3,(H,15,16). The van der Waals surface area contributed by atoms with Crippen LogP contribution in [0.4, 0.5) is 5.69 Å². The summed E-state index contributed by atoms with van der Waals surface area (Å²) in [5.74, 6) is -0.117. The van der Waals surface area contributed by atoms with Crippen molar-refractivity contribution in [3.8, 4) is 0 Å². The summed E-state index contributed by atoms with van der Waals surface area (Å²) in [5.41, 5.74) is 2.13. The average Bonchev–Trinajstić information content (AvgIpc) is 2.37. The van der Waals surface area contributed by atoms with E-state index in [9.17, 15) is 4.79 Å². The summed E-state index contributed by atoms with van der Waals surface area (Å²) in [6, 6.07) is 7.99. The van der Waals surface area contributed by atoms with Gasteiger partial charge >= 0.3 is 0 Å². The molecule has 0 saturated heterocycles. The Labute approximate surface area is 103 Å². The van der Waals surface area contributed by atoms with E-state index in [-0.39, 0.29) is 5.91 Å². The fourth-order valence-corrected chi connectivity index (χ4v) is 1.49. The zero-order valence-electron chi connectivity index (χ0n) is 10.8. The predicted octanol–water partition coefficient (Wildman–Crippen LogP) is 3.00. The highest BCUT2D eigenvalue weighted by Gasteiger charge is 2.10. The molecule has 0 heterocycles. The van der Waals surface area contributed by atoms with E-state index in [1.54, 1.807) is 6.92 Å². The van der Waals surface area contributed by atoms with Gasteiger partial charge in [-0.15, -0.1) is 0 Å². The molecule has 1 amide bonds. The molecule has 1 aromatic carbocycles. The van der Waals surface area contributed by atoms with Gasteiger partial charge in [-0.2, -0.15) is 0 Å². The number of hydrogen-bond donors (Lipinski definition) is 1. The maximum absolute atomic E-state index is 11.6. The van der Waals surface area contributed by atoms with Crippen molar-refractivity contribution in [2.45, 2.75) is 39.2 Å². The van der Waals surface area contributed by atoms with Crippen LogP contribution in [-0.4, -0.2) is 19.1 Å². The second kappa shape index (κ2) is 7.07. The van der Waals surface area contributed by atoms with Gasteiger partial charge in [0.2, 0.25) is 0 Å². The first-order valence-corrected chi connectivity index (χ1v) is 6.10. The smallest absolute Gasteiger partial charge is 0.253 e. The van der Waals surface area contributed by atoms with Crippen LogP contribution in [0.1, 0.15) is 32.3 Å². The number of aryl methyl sites for hydroxylation is 1. The minimum absolute atomic E-state index is 0.117. The largest absolute Gasteiger partial charge is 0.372 e. The summed E-state index contributed by atoms with van der Waals surface area (Å²) in [7, 11) is 1.53. The van der Waals surface area contributed by atoms with E-state index in [2.05, 4.69) is 24.4 Å². The first kappa shape index (κ1) is 13.7. The van der Waals surface area contributed by atoms with Crippen LogP contribution in [0.15, 0.2) is 24.3 Å². The molecule has 1 rings (SSSR count). The molecule has 94 valence electrons. The van der Waals surface area contributed by atoms with Crippen molar-refractivity contribution in [1.29, 1.82) is 0 Å². The second-order valence-corrected chi connectivity index (χ2v) is 4.17. The number of ether oxygens (including phenoxy) is 1. The molecule has 0 saturated carbocycles. The number of anilines is 1. The van der Waals surface area contributed by atoms with E-state index in [1.807, 2.05) is 12.1 Å². The van der Waals surface area contributed by atoms with Crippen molar-refractivity contribution in [3.63, 3.8) is 0 Å². The Hall–Kier alpha value is -1.35. The maximum atomic E-state index is 11.6. The molecule has 0 fully saturated rings. The Morgan fingerprint density at radius 2 is 2.00 bits per heavy atom. The molecular formula is C14H21NO2. The van der Waals surface area contributed by atoms with Gasteiger partial charge in [-0.3, -0.25) is 4.79 Å². The van der Waals surface area contributed by atoms with Crippen LogP contribution in [0.2, 0.25) is 0 Å². The van der Waals surface area contributed by atoms with Crippen molar-refractivity contribution in [1.82, 2.24) is 0 Å². The van der Waals surface area contributed by atoms with E-state index >= 15 is 0 Å². The summed E-state index contributed by atoms with van der Waals surface area (Å²) in [6.45, 7) is 3.91. The molecule has 1 atom stereocenters. The number of hydrogen-bond acceptors (Lipinski definition) is 2. The lowest BCUT2D eigenvalue weighted by Gasteiger charge is -2.10. The zero-order chi connectivity index (χ0) is 12.7. The Bertz CT molecular complexity index is 346. The first-order valence-electron chi connectivity index (χ1n) is 6.10. The van der Waals surface area contributed by atoms with Crippen LogP contribution >= 0.6 is 0 Å². The molecule has 1 N–H and O–H groups in total. The van der Waals surface area contributed by atoms with Crippen molar-refractivity contribution < 1.29 is 9.53 Å². The van der Waals surface area contributed by atoms with Crippen LogP contribution in [0.25, 0.3) is 0 Å². The summed E-state index contributed by atoms with van der Waals surface area (Å²) in [5, 5.41) is 2.81. The quantitative estimate of drug-likeness (QED) is 0.823. The zero-order valence-corrected chi connectivity index (χ0v) is 10.8. The van der Waals surface area contributed by atoms with Gasteiger partial charge in [0.05, 0.1) is 0 Å². The number of nitrogens with one attached hydrogen (secondary N) is 1. The lowest BCUT2D eigenvalue weighted by atomic mass is 10.1. The number of carbonyl (C=O) groups excluding carboxylic acids is 1. The van der Waals surface area contributed by atoms with Crippen molar-refractivity contribution in [2.24, 2.45) is 0 Å². The van der Waals surface area contributed by atoms with E-state index in [4.69, 9.17) is 4.74 Å². The number of benzene rings is 1. The number of amides is 1. The fraction of sp³-hybridized carbons (Fsp3) is 0.500. The van der Waals surface area contributed by atoms with Gasteiger partial charge < -0.3 is 10.1 Å². The highest BCUT2D eigenvalue weighted by atomic mass is 16.5. The predicted molar refractivity (Wildman–Crippen MR) is 70.2 cm³/mol. The third kappa shape index (κ3) is 4.57. The summed E-state index contributed by atoms with van der Waals surface area (Å²) >= 11 is 0. The topological polar surface area (TPSA) is 38.3 Å². The van der Waals surface area contributed by atoms with E-state index < -0.39 is 6.10 Å². The van der Waals surface area contributed by atoms with Crippen molar-refractivity contribution >= 4 is 11.6 Å². The SMILES string of the molecule is CCCCc1ccc(NC(=O)C(C)OC)cc1. The lowest BCUT2D eigenvalue weighted by molar-refractivity contribution is -0.124. The number of carbonyl (C=O) groups is 1. The van der Waals surface area contributed by atoms with Crippen LogP contribution in [-0.2, 0) is 16.0 Å². The molecule has 0 aliphatic rings.